The maximum Gasteiger partial charge on any atom is 0.416 e. The molecule has 2 nitrogen and oxygen atoms in total. The molecule has 2 aromatic carbocycles. The van der Waals surface area contributed by atoms with Crippen molar-refractivity contribution in [1.29, 1.82) is 0 Å². The average Bonchev–Trinajstić information content (AvgIpc) is 2.46. The molecule has 0 bridgehead atoms. The van der Waals surface area contributed by atoms with E-state index in [2.05, 4.69) is 0 Å². The summed E-state index contributed by atoms with van der Waals surface area (Å²) in [5.74, 6) is 0. The fourth-order valence-electron chi connectivity index (χ4n) is 1.94. The van der Waals surface area contributed by atoms with Gasteiger partial charge in [-0.3, -0.25) is 0 Å². The Bertz CT molecular complexity index is 569. The summed E-state index contributed by atoms with van der Waals surface area (Å²) in [7, 11) is 0. The van der Waals surface area contributed by atoms with Crippen LogP contribution in [-0.4, -0.2) is 17.4 Å². The Balaban J connectivity index is 2.31. The summed E-state index contributed by atoms with van der Waals surface area (Å²) in [6, 6.07) is 14.2. The lowest BCUT2D eigenvalue weighted by Gasteiger charge is -2.22. The Morgan fingerprint density at radius 3 is 2.10 bits per heavy atom. The van der Waals surface area contributed by atoms with E-state index in [1.807, 2.05) is 30.3 Å². The predicted octanol–water partition coefficient (Wildman–Crippen LogP) is 3.28. The van der Waals surface area contributed by atoms with Gasteiger partial charge in [-0.05, 0) is 22.8 Å². The first-order valence-corrected chi connectivity index (χ1v) is 6.05. The van der Waals surface area contributed by atoms with Gasteiger partial charge in [-0.15, -0.1) is 0 Å². The van der Waals surface area contributed by atoms with Crippen LogP contribution in [0.15, 0.2) is 54.6 Å². The van der Waals surface area contributed by atoms with E-state index in [9.17, 15) is 18.3 Å². The van der Waals surface area contributed by atoms with Gasteiger partial charge in [-0.25, -0.2) is 0 Å². The molecule has 0 spiro atoms. The SMILES string of the molecule is N[C@@H](c1cccc(-c2ccccc2)c1)[C@H](O)C(F)(F)F. The van der Waals surface area contributed by atoms with Crippen molar-refractivity contribution in [2.75, 3.05) is 0 Å². The highest BCUT2D eigenvalue weighted by Crippen LogP contribution is 2.30. The Hall–Kier alpha value is -1.85. The fraction of sp³-hybridized carbons (Fsp3) is 0.200. The van der Waals surface area contributed by atoms with Crippen molar-refractivity contribution in [3.63, 3.8) is 0 Å². The molecule has 2 rings (SSSR count). The summed E-state index contributed by atoms with van der Waals surface area (Å²) in [6.07, 6.45) is -7.31. The third-order valence-corrected chi connectivity index (χ3v) is 3.05. The molecule has 0 heterocycles. The quantitative estimate of drug-likeness (QED) is 0.907. The minimum Gasteiger partial charge on any atom is -0.382 e. The second-order valence-electron chi connectivity index (χ2n) is 4.50. The molecule has 0 aliphatic heterocycles. The highest BCUT2D eigenvalue weighted by Gasteiger charge is 2.42. The lowest BCUT2D eigenvalue weighted by atomic mass is 9.97. The largest absolute Gasteiger partial charge is 0.416 e. The van der Waals surface area contributed by atoms with Crippen molar-refractivity contribution in [2.24, 2.45) is 5.73 Å². The van der Waals surface area contributed by atoms with E-state index >= 15 is 0 Å². The lowest BCUT2D eigenvalue weighted by molar-refractivity contribution is -0.210. The van der Waals surface area contributed by atoms with E-state index in [4.69, 9.17) is 5.73 Å². The summed E-state index contributed by atoms with van der Waals surface area (Å²) in [6.45, 7) is 0. The number of nitrogens with two attached hydrogens (primary N) is 1. The summed E-state index contributed by atoms with van der Waals surface area (Å²) < 4.78 is 37.4. The summed E-state index contributed by atoms with van der Waals surface area (Å²) >= 11 is 0. The van der Waals surface area contributed by atoms with Crippen LogP contribution in [0.4, 0.5) is 13.2 Å². The van der Waals surface area contributed by atoms with Gasteiger partial charge in [0.15, 0.2) is 6.10 Å². The van der Waals surface area contributed by atoms with Crippen molar-refractivity contribution in [3.05, 3.63) is 60.2 Å². The number of benzene rings is 2. The Morgan fingerprint density at radius 2 is 1.50 bits per heavy atom. The van der Waals surface area contributed by atoms with Gasteiger partial charge in [0.25, 0.3) is 0 Å². The molecule has 5 heteroatoms. The Kier molecular flexibility index (Phi) is 4.11. The summed E-state index contributed by atoms with van der Waals surface area (Å²) in [4.78, 5) is 0. The lowest BCUT2D eigenvalue weighted by Crippen LogP contribution is -2.38. The van der Waals surface area contributed by atoms with E-state index < -0.39 is 18.3 Å². The second-order valence-corrected chi connectivity index (χ2v) is 4.50. The van der Waals surface area contributed by atoms with Crippen LogP contribution in [-0.2, 0) is 0 Å². The summed E-state index contributed by atoms with van der Waals surface area (Å²) in [5, 5.41) is 9.22. The topological polar surface area (TPSA) is 46.2 Å². The van der Waals surface area contributed by atoms with Crippen molar-refractivity contribution in [3.8, 4) is 11.1 Å². The number of alkyl halides is 3. The number of hydrogen-bond acceptors (Lipinski definition) is 2. The molecule has 2 aromatic rings. The van der Waals surface area contributed by atoms with Gasteiger partial charge < -0.3 is 10.8 Å². The number of halogens is 3. The van der Waals surface area contributed by atoms with E-state index in [-0.39, 0.29) is 5.56 Å². The minimum absolute atomic E-state index is 0.246. The third-order valence-electron chi connectivity index (χ3n) is 3.05. The molecule has 0 aliphatic carbocycles. The van der Waals surface area contributed by atoms with Crippen LogP contribution >= 0.6 is 0 Å². The van der Waals surface area contributed by atoms with E-state index in [0.717, 1.165) is 11.1 Å². The maximum atomic E-state index is 12.5. The fourth-order valence-corrected chi connectivity index (χ4v) is 1.94. The van der Waals surface area contributed by atoms with Crippen molar-refractivity contribution < 1.29 is 18.3 Å². The zero-order valence-corrected chi connectivity index (χ0v) is 10.5. The van der Waals surface area contributed by atoms with Gasteiger partial charge in [-0.2, -0.15) is 13.2 Å². The van der Waals surface area contributed by atoms with Gasteiger partial charge in [0.05, 0.1) is 6.04 Å². The molecular formula is C15H14F3NO. The molecule has 0 aromatic heterocycles. The molecule has 20 heavy (non-hydrogen) atoms. The molecule has 0 fully saturated rings. The number of rotatable bonds is 3. The van der Waals surface area contributed by atoms with Gasteiger partial charge in [0.2, 0.25) is 0 Å². The van der Waals surface area contributed by atoms with Crippen LogP contribution in [0.25, 0.3) is 11.1 Å². The third kappa shape index (κ3) is 3.18. The molecule has 106 valence electrons. The first-order valence-electron chi connectivity index (χ1n) is 6.05. The van der Waals surface area contributed by atoms with Crippen LogP contribution < -0.4 is 5.73 Å². The standard InChI is InChI=1S/C15H14F3NO/c16-15(17,18)14(20)13(19)12-8-4-7-11(9-12)10-5-2-1-3-6-10/h1-9,13-14,20H,19H2/t13-,14-/m0/s1. The minimum atomic E-state index is -4.73. The van der Waals surface area contributed by atoms with Crippen molar-refractivity contribution >= 4 is 0 Å². The van der Waals surface area contributed by atoms with Gasteiger partial charge in [-0.1, -0.05) is 48.5 Å². The van der Waals surface area contributed by atoms with Crippen LogP contribution in [0, 0.1) is 0 Å². The van der Waals surface area contributed by atoms with E-state index in [0.29, 0.717) is 0 Å². The molecular weight excluding hydrogens is 267 g/mol. The van der Waals surface area contributed by atoms with Gasteiger partial charge >= 0.3 is 6.18 Å². The van der Waals surface area contributed by atoms with Crippen molar-refractivity contribution in [1.82, 2.24) is 0 Å². The number of aliphatic hydroxyl groups excluding tert-OH is 1. The van der Waals surface area contributed by atoms with Crippen molar-refractivity contribution in [2.45, 2.75) is 18.3 Å². The number of hydrogen-bond donors (Lipinski definition) is 2. The molecule has 3 N–H and O–H groups in total. The highest BCUT2D eigenvalue weighted by atomic mass is 19.4. The summed E-state index contributed by atoms with van der Waals surface area (Å²) in [5.41, 5.74) is 7.38. The van der Waals surface area contributed by atoms with E-state index in [1.54, 1.807) is 18.2 Å². The number of aliphatic hydroxyl groups is 1. The predicted molar refractivity (Wildman–Crippen MR) is 70.9 cm³/mol. The first kappa shape index (κ1) is 14.6. The molecule has 0 amide bonds. The maximum absolute atomic E-state index is 12.5. The average molecular weight is 281 g/mol. The van der Waals surface area contributed by atoms with Crippen LogP contribution in [0.2, 0.25) is 0 Å². The molecule has 0 unspecified atom stereocenters. The first-order chi connectivity index (χ1) is 9.39. The Morgan fingerprint density at radius 1 is 0.900 bits per heavy atom. The molecule has 0 saturated carbocycles. The molecule has 0 aliphatic rings. The van der Waals surface area contributed by atoms with E-state index in [1.165, 1.54) is 6.07 Å². The van der Waals surface area contributed by atoms with Gasteiger partial charge in [0, 0.05) is 0 Å². The molecule has 0 radical (unpaired) electrons. The van der Waals surface area contributed by atoms with Crippen LogP contribution in [0.3, 0.4) is 0 Å². The van der Waals surface area contributed by atoms with Crippen LogP contribution in [0.5, 0.6) is 0 Å². The smallest absolute Gasteiger partial charge is 0.382 e. The normalized spacial score (nSPS) is 14.8. The molecule has 0 saturated heterocycles. The van der Waals surface area contributed by atoms with Gasteiger partial charge in [0.1, 0.15) is 0 Å². The zero-order valence-electron chi connectivity index (χ0n) is 10.5. The monoisotopic (exact) mass is 281 g/mol. The molecule has 2 atom stereocenters. The van der Waals surface area contributed by atoms with Crippen LogP contribution in [0.1, 0.15) is 11.6 Å². The zero-order chi connectivity index (χ0) is 14.8. The second kappa shape index (κ2) is 5.64. The Labute approximate surface area is 114 Å². The highest BCUT2D eigenvalue weighted by molar-refractivity contribution is 5.64.